The van der Waals surface area contributed by atoms with Crippen molar-refractivity contribution in [2.75, 3.05) is 20.6 Å². The molecule has 1 fully saturated rings. The minimum Gasteiger partial charge on any atom is -0.510 e. The number of nitrogens with one attached hydrogen (secondary N) is 1. The fourth-order valence-corrected chi connectivity index (χ4v) is 6.97. The molecular formula is C28H33N3O8. The van der Waals surface area contributed by atoms with E-state index < -0.39 is 58.0 Å². The number of nitrogens with zero attached hydrogens (tertiary/aromatic N) is 1. The van der Waals surface area contributed by atoms with E-state index in [1.165, 1.54) is 17.0 Å². The predicted octanol–water partition coefficient (Wildman–Crippen LogP) is 0.836. The number of amides is 1. The number of hydrogen-bond acceptors (Lipinski definition) is 10. The van der Waals surface area contributed by atoms with Crippen molar-refractivity contribution in [1.29, 1.82) is 0 Å². The molecule has 0 bridgehead atoms. The number of allylic oxidation sites excluding steroid dienone is 1. The molecule has 0 unspecified atom stereocenters. The third kappa shape index (κ3) is 3.98. The van der Waals surface area contributed by atoms with Crippen molar-refractivity contribution >= 4 is 23.3 Å². The number of phenols is 1. The molecule has 4 atom stereocenters. The van der Waals surface area contributed by atoms with Gasteiger partial charge < -0.3 is 31.5 Å². The van der Waals surface area contributed by atoms with Crippen LogP contribution in [0.15, 0.2) is 34.8 Å². The SMILES string of the molecule is CN(C)[C@@H]1C(O)=C(C(N)=O)C(=O)[C@@]2(O)C(O)=C3C(=O)c4c(O)ccc(C(=O)CNC5CCCC5)c4C[C@H]3C[C@@H]12. The number of aromatic hydroxyl groups is 1. The number of hydrogen-bond donors (Lipinski definition) is 6. The lowest BCUT2D eigenvalue weighted by Crippen LogP contribution is -2.63. The zero-order valence-electron chi connectivity index (χ0n) is 21.9. The average molecular weight is 540 g/mol. The number of aliphatic hydroxyl groups is 3. The van der Waals surface area contributed by atoms with Crippen LogP contribution in [-0.2, 0) is 16.0 Å². The van der Waals surface area contributed by atoms with Crippen molar-refractivity contribution in [3.05, 3.63) is 51.5 Å². The highest BCUT2D eigenvalue weighted by molar-refractivity contribution is 6.25. The van der Waals surface area contributed by atoms with E-state index in [2.05, 4.69) is 5.32 Å². The minimum absolute atomic E-state index is 0.0324. The van der Waals surface area contributed by atoms with Gasteiger partial charge in [0.15, 0.2) is 17.2 Å². The zero-order valence-corrected chi connectivity index (χ0v) is 21.9. The molecule has 1 amide bonds. The van der Waals surface area contributed by atoms with Gasteiger partial charge in [0, 0.05) is 23.1 Å². The van der Waals surface area contributed by atoms with Crippen LogP contribution in [0.5, 0.6) is 5.75 Å². The summed E-state index contributed by atoms with van der Waals surface area (Å²) in [5.74, 6) is -7.40. The molecule has 0 aliphatic heterocycles. The molecule has 5 rings (SSSR count). The molecule has 1 aromatic carbocycles. The van der Waals surface area contributed by atoms with E-state index in [1.54, 1.807) is 14.1 Å². The Hall–Kier alpha value is -3.54. The monoisotopic (exact) mass is 539 g/mol. The third-order valence-electron chi connectivity index (χ3n) is 8.81. The molecular weight excluding hydrogens is 506 g/mol. The molecule has 39 heavy (non-hydrogen) atoms. The Bertz CT molecular complexity index is 1360. The minimum atomic E-state index is -2.70. The number of nitrogens with two attached hydrogens (primary N) is 1. The van der Waals surface area contributed by atoms with Crippen LogP contribution in [0.3, 0.4) is 0 Å². The van der Waals surface area contributed by atoms with Crippen molar-refractivity contribution in [3.8, 4) is 5.75 Å². The predicted molar refractivity (Wildman–Crippen MR) is 138 cm³/mol. The largest absolute Gasteiger partial charge is 0.510 e. The van der Waals surface area contributed by atoms with Crippen LogP contribution in [0.1, 0.15) is 58.4 Å². The normalized spacial score (nSPS) is 29.0. The summed E-state index contributed by atoms with van der Waals surface area (Å²) >= 11 is 0. The molecule has 0 saturated heterocycles. The van der Waals surface area contributed by atoms with Gasteiger partial charge in [-0.2, -0.15) is 0 Å². The lowest BCUT2D eigenvalue weighted by Gasteiger charge is -2.50. The molecule has 0 heterocycles. The number of ketones is 3. The van der Waals surface area contributed by atoms with Crippen molar-refractivity contribution in [3.63, 3.8) is 0 Å². The standard InChI is InChI=1S/C28H33N3O8/c1-31(2)22-16-10-12-9-15-14(18(33)11-30-13-5-3-4-6-13)7-8-17(32)20(15)23(34)19(12)25(36)28(16,39)26(37)21(24(22)35)27(29)38/h7-8,12-13,16,22,30,32,35-36,39H,3-6,9-11H2,1-2H3,(H2,29,38)/t12-,16-,22-,28-/m0/s1. The fourth-order valence-electron chi connectivity index (χ4n) is 6.97. The molecule has 208 valence electrons. The van der Waals surface area contributed by atoms with E-state index in [0.29, 0.717) is 5.56 Å². The van der Waals surface area contributed by atoms with E-state index in [4.69, 9.17) is 5.73 Å². The number of carbonyl (C=O) groups excluding carboxylic acids is 4. The van der Waals surface area contributed by atoms with Gasteiger partial charge in [-0.1, -0.05) is 12.8 Å². The average Bonchev–Trinajstić information content (AvgIpc) is 3.38. The van der Waals surface area contributed by atoms with Crippen molar-refractivity contribution < 1.29 is 39.6 Å². The number of benzene rings is 1. The first-order chi connectivity index (χ1) is 18.4. The van der Waals surface area contributed by atoms with Gasteiger partial charge in [0.05, 0.1) is 18.2 Å². The summed E-state index contributed by atoms with van der Waals surface area (Å²) in [4.78, 5) is 53.9. The number of likely N-dealkylation sites (N-methyl/N-ethyl adjacent to an activating group) is 1. The van der Waals surface area contributed by atoms with Crippen molar-refractivity contribution in [2.45, 2.75) is 56.2 Å². The maximum Gasteiger partial charge on any atom is 0.255 e. The number of phenolic OH excluding ortho intramolecular Hbond substituents is 1. The Kier molecular flexibility index (Phi) is 6.64. The van der Waals surface area contributed by atoms with Gasteiger partial charge in [0.1, 0.15) is 22.8 Å². The quantitative estimate of drug-likeness (QED) is 0.223. The Balaban J connectivity index is 1.59. The van der Waals surface area contributed by atoms with Crippen LogP contribution in [0, 0.1) is 11.8 Å². The number of carbonyl (C=O) groups is 4. The summed E-state index contributed by atoms with van der Waals surface area (Å²) < 4.78 is 0. The van der Waals surface area contributed by atoms with E-state index >= 15 is 0 Å². The molecule has 1 aromatic rings. The van der Waals surface area contributed by atoms with E-state index in [0.717, 1.165) is 25.7 Å². The molecule has 11 nitrogen and oxygen atoms in total. The van der Waals surface area contributed by atoms with Crippen LogP contribution in [-0.4, -0.2) is 86.9 Å². The molecule has 1 saturated carbocycles. The second kappa shape index (κ2) is 9.58. The van der Waals surface area contributed by atoms with Crippen LogP contribution in [0.4, 0.5) is 0 Å². The summed E-state index contributed by atoms with van der Waals surface area (Å²) in [6.07, 6.45) is 4.23. The summed E-state index contributed by atoms with van der Waals surface area (Å²) in [5, 5.41) is 47.7. The van der Waals surface area contributed by atoms with Gasteiger partial charge in [0.25, 0.3) is 5.91 Å². The van der Waals surface area contributed by atoms with Crippen LogP contribution in [0.2, 0.25) is 0 Å². The zero-order chi connectivity index (χ0) is 28.4. The van der Waals surface area contributed by atoms with Crippen LogP contribution >= 0.6 is 0 Å². The topological polar surface area (TPSA) is 190 Å². The summed E-state index contributed by atoms with van der Waals surface area (Å²) in [6.45, 7) is 0.0723. The molecule has 4 aliphatic carbocycles. The Morgan fingerprint density at radius 1 is 1.13 bits per heavy atom. The first-order valence-corrected chi connectivity index (χ1v) is 13.2. The maximum absolute atomic E-state index is 13.8. The Morgan fingerprint density at radius 2 is 1.79 bits per heavy atom. The highest BCUT2D eigenvalue weighted by Crippen LogP contribution is 2.52. The highest BCUT2D eigenvalue weighted by Gasteiger charge is 2.63. The lowest BCUT2D eigenvalue weighted by atomic mass is 9.58. The summed E-state index contributed by atoms with van der Waals surface area (Å²) in [7, 11) is 3.14. The molecule has 7 N–H and O–H groups in total. The third-order valence-corrected chi connectivity index (χ3v) is 8.81. The fraction of sp³-hybridized carbons (Fsp3) is 0.500. The van der Waals surface area contributed by atoms with E-state index in [1.807, 2.05) is 0 Å². The van der Waals surface area contributed by atoms with Crippen LogP contribution < -0.4 is 11.1 Å². The van der Waals surface area contributed by atoms with Gasteiger partial charge >= 0.3 is 0 Å². The molecule has 11 heteroatoms. The number of primary amides is 1. The van der Waals surface area contributed by atoms with E-state index in [-0.39, 0.29) is 53.7 Å². The van der Waals surface area contributed by atoms with Gasteiger partial charge in [-0.3, -0.25) is 24.1 Å². The van der Waals surface area contributed by atoms with E-state index in [9.17, 15) is 39.6 Å². The first kappa shape index (κ1) is 27.0. The molecule has 0 radical (unpaired) electrons. The number of aliphatic hydroxyl groups excluding tert-OH is 2. The summed E-state index contributed by atoms with van der Waals surface area (Å²) in [6, 6.07) is 1.91. The lowest BCUT2D eigenvalue weighted by molar-refractivity contribution is -0.148. The molecule has 0 aromatic heterocycles. The van der Waals surface area contributed by atoms with Gasteiger partial charge in [-0.05, 0) is 63.4 Å². The van der Waals surface area contributed by atoms with Crippen molar-refractivity contribution in [2.24, 2.45) is 17.6 Å². The number of fused-ring (bicyclic) bond motifs is 3. The van der Waals surface area contributed by atoms with Gasteiger partial charge in [0.2, 0.25) is 5.78 Å². The first-order valence-electron chi connectivity index (χ1n) is 13.2. The Labute approximate surface area is 225 Å². The molecule has 0 spiro atoms. The number of Topliss-reactive ketones (excluding diaryl/α,β-unsaturated/α-hetero) is 3. The second-order valence-electron chi connectivity index (χ2n) is 11.2. The highest BCUT2D eigenvalue weighted by atomic mass is 16.3. The second-order valence-corrected chi connectivity index (χ2v) is 11.2. The van der Waals surface area contributed by atoms with Crippen LogP contribution in [0.25, 0.3) is 0 Å². The smallest absolute Gasteiger partial charge is 0.255 e. The number of rotatable bonds is 6. The van der Waals surface area contributed by atoms with Gasteiger partial charge in [-0.25, -0.2) is 0 Å². The maximum atomic E-state index is 13.8. The van der Waals surface area contributed by atoms with Crippen molar-refractivity contribution in [1.82, 2.24) is 10.2 Å². The Morgan fingerprint density at radius 3 is 2.41 bits per heavy atom. The molecule has 4 aliphatic rings. The van der Waals surface area contributed by atoms with Gasteiger partial charge in [-0.15, -0.1) is 0 Å². The summed E-state index contributed by atoms with van der Waals surface area (Å²) in [5.41, 5.74) is 2.00.